The van der Waals surface area contributed by atoms with Gasteiger partial charge in [-0.15, -0.1) is 0 Å². The van der Waals surface area contributed by atoms with Gasteiger partial charge in [-0.3, -0.25) is 9.69 Å². The van der Waals surface area contributed by atoms with Gasteiger partial charge in [0.15, 0.2) is 5.17 Å². The van der Waals surface area contributed by atoms with Gasteiger partial charge in [0.05, 0.1) is 23.8 Å². The number of hydrogen-bond donors (Lipinski definition) is 0. The number of carbonyl (C=O) groups excluding carboxylic acids is 1. The maximum absolute atomic E-state index is 15.3. The molecule has 1 unspecified atom stereocenters. The molecule has 196 valence electrons. The van der Waals surface area contributed by atoms with Gasteiger partial charge in [0.1, 0.15) is 5.82 Å². The smallest absolute Gasteiger partial charge is 0.266 e. The van der Waals surface area contributed by atoms with Crippen LogP contribution in [0.2, 0.25) is 0 Å². The molecule has 0 spiro atoms. The van der Waals surface area contributed by atoms with Crippen molar-refractivity contribution in [3.05, 3.63) is 58.2 Å². The molecule has 1 amide bonds. The third kappa shape index (κ3) is 5.01. The lowest BCUT2D eigenvalue weighted by atomic mass is 9.79. The van der Waals surface area contributed by atoms with Crippen molar-refractivity contribution in [2.75, 3.05) is 49.7 Å². The van der Waals surface area contributed by atoms with Crippen LogP contribution >= 0.6 is 11.8 Å². The lowest BCUT2D eigenvalue weighted by Gasteiger charge is -2.47. The number of halogens is 1. The highest BCUT2D eigenvalue weighted by Gasteiger charge is 2.36. The summed E-state index contributed by atoms with van der Waals surface area (Å²) in [6, 6.07) is 11.6. The third-order valence-electron chi connectivity index (χ3n) is 7.56. The van der Waals surface area contributed by atoms with E-state index in [0.29, 0.717) is 21.6 Å². The van der Waals surface area contributed by atoms with Crippen LogP contribution in [0.3, 0.4) is 0 Å². The molecule has 37 heavy (non-hydrogen) atoms. The highest BCUT2D eigenvalue weighted by atomic mass is 32.2. The molecule has 2 aromatic rings. The summed E-state index contributed by atoms with van der Waals surface area (Å²) in [6.45, 7) is 12.8. The fourth-order valence-electron chi connectivity index (χ4n) is 5.69. The molecule has 0 aliphatic carbocycles. The monoisotopic (exact) mass is 522 g/mol. The fourth-order valence-corrected chi connectivity index (χ4v) is 6.67. The van der Waals surface area contributed by atoms with Gasteiger partial charge in [-0.05, 0) is 92.9 Å². The average Bonchev–Trinajstić information content (AvgIpc) is 3.13. The average molecular weight is 523 g/mol. The van der Waals surface area contributed by atoms with Crippen molar-refractivity contribution >= 4 is 46.0 Å². The molecule has 0 saturated carbocycles. The Kier molecular flexibility index (Phi) is 7.07. The van der Waals surface area contributed by atoms with Gasteiger partial charge < -0.3 is 14.5 Å². The van der Waals surface area contributed by atoms with Gasteiger partial charge in [0.25, 0.3) is 5.91 Å². The van der Waals surface area contributed by atoms with Crippen molar-refractivity contribution in [2.24, 2.45) is 4.99 Å². The molecule has 2 saturated heterocycles. The minimum Gasteiger partial charge on any atom is -0.378 e. The van der Waals surface area contributed by atoms with Crippen LogP contribution in [0, 0.1) is 5.82 Å². The summed E-state index contributed by atoms with van der Waals surface area (Å²) in [5.41, 5.74) is 4.42. The van der Waals surface area contributed by atoms with Crippen LogP contribution in [0.15, 0.2) is 46.3 Å². The van der Waals surface area contributed by atoms with E-state index < -0.39 is 0 Å². The molecule has 6 nitrogen and oxygen atoms in total. The summed E-state index contributed by atoms with van der Waals surface area (Å²) < 4.78 is 20.8. The second kappa shape index (κ2) is 10.1. The highest BCUT2D eigenvalue weighted by molar-refractivity contribution is 8.18. The molecule has 2 fully saturated rings. The molecule has 3 aliphatic heterocycles. The first kappa shape index (κ1) is 25.8. The topological polar surface area (TPSA) is 48.4 Å². The Hall–Kier alpha value is -2.84. The molecule has 3 aliphatic rings. The fraction of sp³-hybridized carbons (Fsp3) is 0.448. The van der Waals surface area contributed by atoms with Crippen LogP contribution in [0.4, 0.5) is 21.5 Å². The molecule has 5 rings (SSSR count). The van der Waals surface area contributed by atoms with Gasteiger partial charge >= 0.3 is 0 Å². The van der Waals surface area contributed by atoms with Gasteiger partial charge in [0.2, 0.25) is 0 Å². The zero-order chi connectivity index (χ0) is 26.3. The van der Waals surface area contributed by atoms with E-state index in [9.17, 15) is 4.79 Å². The molecular formula is C29H35FN4O2S. The minimum absolute atomic E-state index is 0.0284. The van der Waals surface area contributed by atoms with Gasteiger partial charge in [-0.25, -0.2) is 9.38 Å². The predicted molar refractivity (Wildman–Crippen MR) is 151 cm³/mol. The molecule has 1 atom stereocenters. The van der Waals surface area contributed by atoms with E-state index in [4.69, 9.17) is 9.73 Å². The number of nitrogens with zero attached hydrogens (tertiary/aromatic N) is 4. The molecule has 3 heterocycles. The van der Waals surface area contributed by atoms with Crippen molar-refractivity contribution in [3.8, 4) is 0 Å². The van der Waals surface area contributed by atoms with Gasteiger partial charge in [-0.2, -0.15) is 0 Å². The number of likely N-dealkylation sites (N-methyl/N-ethyl adjacent to an activating group) is 1. The van der Waals surface area contributed by atoms with Gasteiger partial charge in [0, 0.05) is 49.2 Å². The maximum atomic E-state index is 15.3. The maximum Gasteiger partial charge on any atom is 0.266 e. The van der Waals surface area contributed by atoms with E-state index >= 15 is 4.39 Å². The number of amidine groups is 1. The first-order chi connectivity index (χ1) is 17.7. The van der Waals surface area contributed by atoms with Crippen LogP contribution in [0.5, 0.6) is 0 Å². The number of morpholine rings is 1. The first-order valence-electron chi connectivity index (χ1n) is 13.0. The Labute approximate surface area is 223 Å². The first-order valence-corrected chi connectivity index (χ1v) is 13.8. The van der Waals surface area contributed by atoms with E-state index in [1.807, 2.05) is 30.3 Å². The molecule has 2 aromatic carbocycles. The SMILES string of the molecule is CCN1c2cc(F)c(/C=C3/SC(=Nc4ccc(N5CCOCC5)cc4)N(C)C3=O)cc2C(C)CC1(C)C. The number of aliphatic imine (C=N–C) groups is 1. The summed E-state index contributed by atoms with van der Waals surface area (Å²) in [4.78, 5) is 24.3. The number of amides is 1. The number of ether oxygens (including phenoxy) is 1. The Morgan fingerprint density at radius 2 is 1.89 bits per heavy atom. The van der Waals surface area contributed by atoms with Crippen molar-refractivity contribution < 1.29 is 13.9 Å². The summed E-state index contributed by atoms with van der Waals surface area (Å²) in [7, 11) is 1.71. The summed E-state index contributed by atoms with van der Waals surface area (Å²) >= 11 is 1.28. The Morgan fingerprint density at radius 3 is 2.57 bits per heavy atom. The zero-order valence-corrected chi connectivity index (χ0v) is 23.1. The lowest BCUT2D eigenvalue weighted by Crippen LogP contribution is -2.48. The highest BCUT2D eigenvalue weighted by Crippen LogP contribution is 2.44. The predicted octanol–water partition coefficient (Wildman–Crippen LogP) is 6.01. The van der Waals surface area contributed by atoms with E-state index in [2.05, 4.69) is 37.5 Å². The molecule has 0 aromatic heterocycles. The van der Waals surface area contributed by atoms with Crippen LogP contribution < -0.4 is 9.80 Å². The van der Waals surface area contributed by atoms with Crippen molar-refractivity contribution in [1.29, 1.82) is 0 Å². The molecule has 0 radical (unpaired) electrons. The van der Waals surface area contributed by atoms with Crippen LogP contribution in [-0.2, 0) is 9.53 Å². The number of carbonyl (C=O) groups is 1. The standard InChI is InChI=1S/C29H35FN4O2S/c1-6-34-25-17-24(30)20(15-23(25)19(2)18-29(34,3)4)16-26-27(35)32(5)28(37-26)31-21-7-9-22(10-8-21)33-11-13-36-14-12-33/h7-10,15-17,19H,6,11-14,18H2,1-5H3/b26-16+,31-28?. The molecule has 0 bridgehead atoms. The normalized spacial score (nSPS) is 23.8. The second-order valence-electron chi connectivity index (χ2n) is 10.6. The third-order valence-corrected chi connectivity index (χ3v) is 8.62. The van der Waals surface area contributed by atoms with E-state index in [-0.39, 0.29) is 17.3 Å². The number of rotatable bonds is 4. The van der Waals surface area contributed by atoms with Crippen LogP contribution in [-0.4, -0.2) is 61.4 Å². The quantitative estimate of drug-likeness (QED) is 0.461. The second-order valence-corrected chi connectivity index (χ2v) is 11.6. The van der Waals surface area contributed by atoms with Crippen molar-refractivity contribution in [3.63, 3.8) is 0 Å². The van der Waals surface area contributed by atoms with E-state index in [0.717, 1.165) is 61.9 Å². The van der Waals surface area contributed by atoms with Crippen molar-refractivity contribution in [1.82, 2.24) is 4.90 Å². The largest absolute Gasteiger partial charge is 0.378 e. The number of anilines is 2. The zero-order valence-electron chi connectivity index (χ0n) is 22.3. The summed E-state index contributed by atoms with van der Waals surface area (Å²) in [5.74, 6) is -0.178. The summed E-state index contributed by atoms with van der Waals surface area (Å²) in [6.07, 6.45) is 2.67. The van der Waals surface area contributed by atoms with Crippen LogP contribution in [0.1, 0.15) is 51.2 Å². The number of fused-ring (bicyclic) bond motifs is 1. The summed E-state index contributed by atoms with van der Waals surface area (Å²) in [5, 5.41) is 0.584. The van der Waals surface area contributed by atoms with Crippen molar-refractivity contribution in [2.45, 2.75) is 45.6 Å². The molecule has 0 N–H and O–H groups in total. The number of thioether (sulfide) groups is 1. The Bertz CT molecular complexity index is 1250. The van der Waals surface area contributed by atoms with Gasteiger partial charge in [-0.1, -0.05) is 6.92 Å². The molecular weight excluding hydrogens is 487 g/mol. The van der Waals surface area contributed by atoms with E-state index in [1.165, 1.54) is 16.7 Å². The molecule has 8 heteroatoms. The number of benzene rings is 2. The van der Waals surface area contributed by atoms with E-state index in [1.54, 1.807) is 19.2 Å². The van der Waals surface area contributed by atoms with Crippen LogP contribution in [0.25, 0.3) is 6.08 Å². The number of hydrogen-bond acceptors (Lipinski definition) is 6. The minimum atomic E-state index is -0.310. The Balaban J connectivity index is 1.40. The lowest BCUT2D eigenvalue weighted by molar-refractivity contribution is -0.121. The Morgan fingerprint density at radius 1 is 1.19 bits per heavy atom.